The number of benzene rings is 1. The zero-order valence-electron chi connectivity index (χ0n) is 17.8. The maximum Gasteiger partial charge on any atom is 0.339 e. The molecule has 2 atom stereocenters. The monoisotopic (exact) mass is 414 g/mol. The van der Waals surface area contributed by atoms with E-state index in [1.54, 1.807) is 12.1 Å². The van der Waals surface area contributed by atoms with Crippen LogP contribution in [0, 0.1) is 0 Å². The predicted molar refractivity (Wildman–Crippen MR) is 112 cm³/mol. The Bertz CT molecular complexity index is 622. The van der Waals surface area contributed by atoms with Crippen molar-refractivity contribution >= 4 is 22.1 Å². The fraction of sp³-hybridized carbons (Fsp3) is 0.632. The molecule has 0 saturated heterocycles. The highest BCUT2D eigenvalue weighted by atomic mass is 28.3. The predicted octanol–water partition coefficient (Wildman–Crippen LogP) is 4.62. The van der Waals surface area contributed by atoms with Crippen molar-refractivity contribution in [3.63, 3.8) is 0 Å². The third-order valence-corrected chi connectivity index (χ3v) is 9.91. The summed E-state index contributed by atoms with van der Waals surface area (Å²) < 4.78 is 22.5. The topological polar surface area (TPSA) is 74.2 Å². The highest BCUT2D eigenvalue weighted by Gasteiger charge is 2.24. The summed E-state index contributed by atoms with van der Waals surface area (Å²) in [5.41, 5.74) is 0.290. The number of carboxylic acid groups (broad SMARTS) is 1. The molecule has 1 N–H and O–H groups in total. The molecule has 0 aliphatic carbocycles. The van der Waals surface area contributed by atoms with Gasteiger partial charge in [0.1, 0.15) is 17.1 Å². The third-order valence-electron chi connectivity index (χ3n) is 4.70. The molecule has 0 fully saturated rings. The minimum Gasteiger partial charge on any atom is -0.478 e. The molecule has 0 aliphatic heterocycles. The first kappa shape index (κ1) is 23.7. The molecule has 0 aromatic heterocycles. The molecular weight excluding hydrogens is 380 g/mol. The Morgan fingerprint density at radius 2 is 1.41 bits per heavy atom. The van der Waals surface area contributed by atoms with Crippen molar-refractivity contribution in [1.29, 1.82) is 0 Å². The van der Waals surface area contributed by atoms with Crippen LogP contribution in [0.2, 0.25) is 39.3 Å². The largest absolute Gasteiger partial charge is 0.478 e. The summed E-state index contributed by atoms with van der Waals surface area (Å²) in [5.74, 6) is -0.391. The molecule has 1 aromatic rings. The van der Waals surface area contributed by atoms with Crippen molar-refractivity contribution in [2.75, 3.05) is 13.6 Å². The molecule has 0 heterocycles. The van der Waals surface area contributed by atoms with Gasteiger partial charge in [-0.3, -0.25) is 0 Å². The van der Waals surface area contributed by atoms with Crippen LogP contribution in [0.1, 0.15) is 24.2 Å². The molecule has 8 heteroatoms. The van der Waals surface area contributed by atoms with Crippen LogP contribution >= 0.6 is 0 Å². The van der Waals surface area contributed by atoms with Gasteiger partial charge >= 0.3 is 5.97 Å². The van der Waals surface area contributed by atoms with Crippen LogP contribution in [0.5, 0.6) is 11.5 Å². The lowest BCUT2D eigenvalue weighted by atomic mass is 10.2. The van der Waals surface area contributed by atoms with Crippen LogP contribution in [0.3, 0.4) is 0 Å². The third kappa shape index (κ3) is 8.04. The van der Waals surface area contributed by atoms with Crippen LogP contribution in [0.4, 0.5) is 0 Å². The zero-order chi connectivity index (χ0) is 20.8. The molecule has 0 saturated carbocycles. The maximum absolute atomic E-state index is 11.5. The summed E-state index contributed by atoms with van der Waals surface area (Å²) in [5, 5.41) is 9.45. The van der Waals surface area contributed by atoms with E-state index in [1.807, 2.05) is 13.8 Å². The normalized spacial score (nSPS) is 14.5. The van der Waals surface area contributed by atoms with E-state index >= 15 is 0 Å². The summed E-state index contributed by atoms with van der Waals surface area (Å²) in [6, 6.07) is 4.71. The molecule has 2 unspecified atom stereocenters. The molecule has 1 rings (SSSR count). The van der Waals surface area contributed by atoms with Gasteiger partial charge < -0.3 is 24.1 Å². The Hall–Kier alpha value is -1.36. The first-order chi connectivity index (χ1) is 12.3. The number of ether oxygens (including phenoxy) is 4. The van der Waals surface area contributed by atoms with Crippen molar-refractivity contribution in [3.8, 4) is 11.5 Å². The quantitative estimate of drug-likeness (QED) is 0.420. The van der Waals surface area contributed by atoms with E-state index in [2.05, 4.69) is 39.3 Å². The smallest absolute Gasteiger partial charge is 0.339 e. The molecule has 0 bridgehead atoms. The number of carboxylic acids is 1. The standard InChI is InChI=1S/C19H34O6Si2/c1-14(26(3,4)5)22-12-24-16-9-10-18(17(11-16)19(20)21)25-13-23-15(2)27(6,7)8/h9-11,14-15H,12-13H2,1-8H3,(H,20,21). The van der Waals surface area contributed by atoms with E-state index in [0.717, 1.165) is 0 Å². The SMILES string of the molecule is CC(OCOc1ccc(OCOC(C)[Si](C)(C)C)c(C(=O)O)c1)[Si](C)(C)C. The molecule has 27 heavy (non-hydrogen) atoms. The van der Waals surface area contributed by atoms with Gasteiger partial charge in [-0.1, -0.05) is 39.3 Å². The molecule has 0 spiro atoms. The highest BCUT2D eigenvalue weighted by Crippen LogP contribution is 2.25. The summed E-state index contributed by atoms with van der Waals surface area (Å²) in [4.78, 5) is 11.5. The molecule has 0 radical (unpaired) electrons. The van der Waals surface area contributed by atoms with Crippen LogP contribution in [0.15, 0.2) is 18.2 Å². The second-order valence-electron chi connectivity index (χ2n) is 8.84. The number of hydrogen-bond acceptors (Lipinski definition) is 5. The first-order valence-electron chi connectivity index (χ1n) is 9.18. The summed E-state index contributed by atoms with van der Waals surface area (Å²) in [6.45, 7) is 17.4. The fourth-order valence-electron chi connectivity index (χ4n) is 1.80. The van der Waals surface area contributed by atoms with Crippen LogP contribution in [0.25, 0.3) is 0 Å². The fourth-order valence-corrected chi connectivity index (χ4v) is 2.93. The molecule has 6 nitrogen and oxygen atoms in total. The van der Waals surface area contributed by atoms with E-state index in [4.69, 9.17) is 18.9 Å². The van der Waals surface area contributed by atoms with Crippen molar-refractivity contribution in [3.05, 3.63) is 23.8 Å². The van der Waals surface area contributed by atoms with Gasteiger partial charge in [0, 0.05) is 11.5 Å². The molecule has 1 aromatic carbocycles. The van der Waals surface area contributed by atoms with Crippen molar-refractivity contribution in [2.45, 2.75) is 64.6 Å². The van der Waals surface area contributed by atoms with Gasteiger partial charge in [0.25, 0.3) is 0 Å². The van der Waals surface area contributed by atoms with Crippen LogP contribution in [-0.4, -0.2) is 52.3 Å². The Morgan fingerprint density at radius 1 is 0.926 bits per heavy atom. The van der Waals surface area contributed by atoms with Gasteiger partial charge in [-0.15, -0.1) is 0 Å². The van der Waals surface area contributed by atoms with E-state index in [-0.39, 0.29) is 36.4 Å². The molecule has 0 aliphatic rings. The molecule has 0 amide bonds. The molecular formula is C19H34O6Si2. The van der Waals surface area contributed by atoms with Gasteiger partial charge in [-0.05, 0) is 32.0 Å². The zero-order valence-corrected chi connectivity index (χ0v) is 19.8. The number of rotatable bonds is 11. The van der Waals surface area contributed by atoms with Crippen molar-refractivity contribution < 1.29 is 28.8 Å². The maximum atomic E-state index is 11.5. The van der Waals surface area contributed by atoms with E-state index < -0.39 is 22.1 Å². The summed E-state index contributed by atoms with van der Waals surface area (Å²) >= 11 is 0. The summed E-state index contributed by atoms with van der Waals surface area (Å²) in [6.07, 6.45) is 0. The minimum atomic E-state index is -1.43. The second kappa shape index (κ2) is 9.72. The van der Waals surface area contributed by atoms with Crippen molar-refractivity contribution in [2.24, 2.45) is 0 Å². The summed E-state index contributed by atoms with van der Waals surface area (Å²) in [7, 11) is -2.83. The van der Waals surface area contributed by atoms with E-state index in [9.17, 15) is 9.90 Å². The minimum absolute atomic E-state index is 0.0166. The Kier molecular flexibility index (Phi) is 8.53. The van der Waals surface area contributed by atoms with E-state index in [0.29, 0.717) is 5.75 Å². The van der Waals surface area contributed by atoms with Gasteiger partial charge in [-0.25, -0.2) is 4.79 Å². The average molecular weight is 415 g/mol. The van der Waals surface area contributed by atoms with Crippen LogP contribution < -0.4 is 9.47 Å². The van der Waals surface area contributed by atoms with Crippen molar-refractivity contribution in [1.82, 2.24) is 0 Å². The highest BCUT2D eigenvalue weighted by molar-refractivity contribution is 6.77. The van der Waals surface area contributed by atoms with Gasteiger partial charge in [0.05, 0.1) is 16.1 Å². The Morgan fingerprint density at radius 3 is 1.85 bits per heavy atom. The first-order valence-corrected chi connectivity index (χ1v) is 16.3. The average Bonchev–Trinajstić information content (AvgIpc) is 2.53. The number of aromatic carboxylic acids is 1. The van der Waals surface area contributed by atoms with Gasteiger partial charge in [0.2, 0.25) is 0 Å². The lowest BCUT2D eigenvalue weighted by molar-refractivity contribution is -0.00241. The lowest BCUT2D eigenvalue weighted by Crippen LogP contribution is -2.38. The number of carbonyl (C=O) groups is 1. The van der Waals surface area contributed by atoms with Gasteiger partial charge in [0.15, 0.2) is 13.6 Å². The van der Waals surface area contributed by atoms with Crippen LogP contribution in [-0.2, 0) is 9.47 Å². The Labute approximate surface area is 164 Å². The van der Waals surface area contributed by atoms with E-state index in [1.165, 1.54) is 6.07 Å². The second-order valence-corrected chi connectivity index (χ2v) is 19.9. The number of hydrogen-bond donors (Lipinski definition) is 1. The lowest BCUT2D eigenvalue weighted by Gasteiger charge is -2.25. The Balaban J connectivity index is 2.68. The molecule has 154 valence electrons. The van der Waals surface area contributed by atoms with Gasteiger partial charge in [-0.2, -0.15) is 0 Å².